The smallest absolute Gasteiger partial charge is 0.330 e. The summed E-state index contributed by atoms with van der Waals surface area (Å²) in [7, 11) is 0. The summed E-state index contributed by atoms with van der Waals surface area (Å²) in [5.41, 5.74) is 0. The van der Waals surface area contributed by atoms with E-state index in [1.54, 1.807) is 0 Å². The van der Waals surface area contributed by atoms with E-state index in [0.29, 0.717) is 0 Å². The number of esters is 5. The van der Waals surface area contributed by atoms with E-state index in [-0.39, 0.29) is 6.42 Å². The molecular formula is C20H26O10. The van der Waals surface area contributed by atoms with Gasteiger partial charge in [-0.15, -0.1) is 0 Å². The third-order valence-electron chi connectivity index (χ3n) is 3.76. The number of hydrogen-bond donors (Lipinski definition) is 0. The molecule has 0 aliphatic carbocycles. The quantitative estimate of drug-likeness (QED) is 0.468. The highest BCUT2D eigenvalue weighted by Crippen LogP contribution is 2.12. The van der Waals surface area contributed by atoms with Gasteiger partial charge in [-0.3, -0.25) is 14.4 Å². The summed E-state index contributed by atoms with van der Waals surface area (Å²) >= 11 is 0. The van der Waals surface area contributed by atoms with Crippen molar-refractivity contribution in [3.63, 3.8) is 0 Å². The predicted molar refractivity (Wildman–Crippen MR) is 101 cm³/mol. The molecule has 1 aliphatic heterocycles. The Labute approximate surface area is 174 Å². The van der Waals surface area contributed by atoms with Gasteiger partial charge in [0.15, 0.2) is 12.2 Å². The summed E-state index contributed by atoms with van der Waals surface area (Å²) in [4.78, 5) is 58.8. The molecule has 5 atom stereocenters. The van der Waals surface area contributed by atoms with Gasteiger partial charge >= 0.3 is 29.8 Å². The molecule has 0 saturated carbocycles. The van der Waals surface area contributed by atoms with Gasteiger partial charge in [0.2, 0.25) is 0 Å². The van der Waals surface area contributed by atoms with E-state index in [1.807, 2.05) is 0 Å². The second-order valence-corrected chi connectivity index (χ2v) is 6.65. The SMILES string of the molecule is CC(=O)OC1/C=C/C(=O)OC(C)CC(=O)OC(C)C(OC(C)=O)/C=C/C(=O)OC1C. The zero-order chi connectivity index (χ0) is 22.8. The fourth-order valence-corrected chi connectivity index (χ4v) is 2.44. The summed E-state index contributed by atoms with van der Waals surface area (Å²) in [6.07, 6.45) is -0.561. The average molecular weight is 426 g/mol. The number of ether oxygens (including phenoxy) is 5. The van der Waals surface area contributed by atoms with Crippen molar-refractivity contribution in [2.75, 3.05) is 0 Å². The molecule has 1 aliphatic rings. The molecule has 1 heterocycles. The van der Waals surface area contributed by atoms with E-state index < -0.39 is 60.4 Å². The van der Waals surface area contributed by atoms with Crippen LogP contribution in [0.1, 0.15) is 41.0 Å². The van der Waals surface area contributed by atoms with E-state index in [9.17, 15) is 24.0 Å². The van der Waals surface area contributed by atoms with Crippen molar-refractivity contribution in [2.45, 2.75) is 71.6 Å². The Kier molecular flexibility index (Phi) is 9.73. The molecule has 0 radical (unpaired) electrons. The van der Waals surface area contributed by atoms with Crippen molar-refractivity contribution < 1.29 is 47.7 Å². The van der Waals surface area contributed by atoms with Crippen LogP contribution in [0, 0.1) is 0 Å². The van der Waals surface area contributed by atoms with E-state index >= 15 is 0 Å². The Morgan fingerprint density at radius 2 is 1.23 bits per heavy atom. The molecule has 10 heteroatoms. The van der Waals surface area contributed by atoms with Crippen LogP contribution in [0.2, 0.25) is 0 Å². The molecular weight excluding hydrogens is 400 g/mol. The Morgan fingerprint density at radius 3 is 1.70 bits per heavy atom. The van der Waals surface area contributed by atoms with Crippen molar-refractivity contribution in [1.82, 2.24) is 0 Å². The second-order valence-electron chi connectivity index (χ2n) is 6.65. The Bertz CT molecular complexity index is 723. The summed E-state index contributed by atoms with van der Waals surface area (Å²) in [5, 5.41) is 0. The van der Waals surface area contributed by atoms with Gasteiger partial charge in [0.25, 0.3) is 0 Å². The minimum Gasteiger partial charge on any atom is -0.459 e. The van der Waals surface area contributed by atoms with Crippen LogP contribution in [0.5, 0.6) is 0 Å². The predicted octanol–water partition coefficient (Wildman–Crippen LogP) is 1.16. The lowest BCUT2D eigenvalue weighted by molar-refractivity contribution is -0.165. The van der Waals surface area contributed by atoms with Gasteiger partial charge in [0.05, 0.1) is 6.42 Å². The van der Waals surface area contributed by atoms with Gasteiger partial charge in [0, 0.05) is 26.0 Å². The maximum Gasteiger partial charge on any atom is 0.330 e. The lowest BCUT2D eigenvalue weighted by atomic mass is 10.2. The maximum atomic E-state index is 12.1. The molecule has 0 fully saturated rings. The molecule has 0 spiro atoms. The van der Waals surface area contributed by atoms with Gasteiger partial charge in [0.1, 0.15) is 18.3 Å². The number of hydrogen-bond acceptors (Lipinski definition) is 10. The molecule has 0 saturated heterocycles. The fourth-order valence-electron chi connectivity index (χ4n) is 2.44. The highest BCUT2D eigenvalue weighted by atomic mass is 16.6. The van der Waals surface area contributed by atoms with Crippen molar-refractivity contribution in [3.8, 4) is 0 Å². The first-order valence-corrected chi connectivity index (χ1v) is 9.29. The van der Waals surface area contributed by atoms with Crippen molar-refractivity contribution in [3.05, 3.63) is 24.3 Å². The molecule has 0 N–H and O–H groups in total. The second kappa shape index (κ2) is 11.7. The van der Waals surface area contributed by atoms with Crippen LogP contribution in [0.3, 0.4) is 0 Å². The van der Waals surface area contributed by atoms with E-state index in [4.69, 9.17) is 23.7 Å². The molecule has 0 amide bonds. The fraction of sp³-hybridized carbons (Fsp3) is 0.550. The summed E-state index contributed by atoms with van der Waals surface area (Å²) in [6, 6.07) is 0. The molecule has 0 aromatic carbocycles. The molecule has 5 unspecified atom stereocenters. The first kappa shape index (κ1) is 24.9. The molecule has 0 aromatic rings. The lowest BCUT2D eigenvalue weighted by Gasteiger charge is -2.23. The largest absolute Gasteiger partial charge is 0.459 e. The number of cyclic esters (lactones) is 3. The summed E-state index contributed by atoms with van der Waals surface area (Å²) in [6.45, 7) is 6.77. The number of rotatable bonds is 2. The van der Waals surface area contributed by atoms with Crippen LogP contribution in [0.15, 0.2) is 24.3 Å². The van der Waals surface area contributed by atoms with Crippen molar-refractivity contribution in [2.24, 2.45) is 0 Å². The summed E-state index contributed by atoms with van der Waals surface area (Å²) in [5.74, 6) is -3.61. The maximum absolute atomic E-state index is 12.1. The Morgan fingerprint density at radius 1 is 0.800 bits per heavy atom. The van der Waals surface area contributed by atoms with E-state index in [0.717, 1.165) is 12.2 Å². The Balaban J connectivity index is 3.16. The van der Waals surface area contributed by atoms with Gasteiger partial charge in [-0.05, 0) is 32.9 Å². The van der Waals surface area contributed by atoms with Crippen LogP contribution in [0.25, 0.3) is 0 Å². The minimum atomic E-state index is -1.05. The first-order chi connectivity index (χ1) is 14.0. The molecule has 30 heavy (non-hydrogen) atoms. The normalized spacial score (nSPS) is 30.8. The van der Waals surface area contributed by atoms with E-state index in [2.05, 4.69) is 0 Å². The average Bonchev–Trinajstić information content (AvgIpc) is 2.60. The zero-order valence-electron chi connectivity index (χ0n) is 17.5. The standard InChI is InChI=1S/C20H26O10/c1-11-10-20(25)28-13(3)17(30-15(5)22)7-9-19(24)27-12(2)16(29-14(4)21)6-8-18(23)26-11/h6-9,11-13,16-17H,10H2,1-5H3/b8-6+,9-7+. The molecule has 0 bridgehead atoms. The van der Waals surface area contributed by atoms with Crippen LogP contribution < -0.4 is 0 Å². The third-order valence-corrected chi connectivity index (χ3v) is 3.76. The number of carbonyl (C=O) groups excluding carboxylic acids is 5. The minimum absolute atomic E-state index is 0.244. The monoisotopic (exact) mass is 426 g/mol. The topological polar surface area (TPSA) is 132 Å². The van der Waals surface area contributed by atoms with Crippen LogP contribution in [-0.4, -0.2) is 60.4 Å². The lowest BCUT2D eigenvalue weighted by Crippen LogP contribution is -2.33. The molecule has 0 aromatic heterocycles. The van der Waals surface area contributed by atoms with Crippen LogP contribution in [0.4, 0.5) is 0 Å². The van der Waals surface area contributed by atoms with Crippen molar-refractivity contribution >= 4 is 29.8 Å². The highest BCUT2D eigenvalue weighted by molar-refractivity contribution is 5.83. The van der Waals surface area contributed by atoms with Gasteiger partial charge < -0.3 is 23.7 Å². The van der Waals surface area contributed by atoms with E-state index in [1.165, 1.54) is 46.8 Å². The molecule has 1 rings (SSSR count). The van der Waals surface area contributed by atoms with Crippen LogP contribution >= 0.6 is 0 Å². The first-order valence-electron chi connectivity index (χ1n) is 9.29. The van der Waals surface area contributed by atoms with Gasteiger partial charge in [-0.2, -0.15) is 0 Å². The van der Waals surface area contributed by atoms with Crippen molar-refractivity contribution in [1.29, 1.82) is 0 Å². The third kappa shape index (κ3) is 9.35. The highest BCUT2D eigenvalue weighted by Gasteiger charge is 2.26. The number of carbonyl (C=O) groups is 5. The van der Waals surface area contributed by atoms with Gasteiger partial charge in [-0.1, -0.05) is 0 Å². The summed E-state index contributed by atoms with van der Waals surface area (Å²) < 4.78 is 25.6. The zero-order valence-corrected chi connectivity index (χ0v) is 17.5. The van der Waals surface area contributed by atoms with Gasteiger partial charge in [-0.25, -0.2) is 9.59 Å². The molecule has 166 valence electrons. The Hall–Kier alpha value is -3.17. The molecule has 10 nitrogen and oxygen atoms in total. The van der Waals surface area contributed by atoms with Crippen LogP contribution in [-0.2, 0) is 47.7 Å².